The number of ether oxygens (including phenoxy) is 3. The fraction of sp³-hybridized carbons (Fsp3) is 0.967. The number of hydrogen-bond acceptors (Lipinski definition) is 7. The van der Waals surface area contributed by atoms with Crippen molar-refractivity contribution in [3.8, 4) is 0 Å². The molecule has 240 valence electrons. The maximum absolute atomic E-state index is 12.3. The number of phosphoric ester groups is 1. The van der Waals surface area contributed by atoms with Crippen molar-refractivity contribution in [2.75, 3.05) is 61.2 Å². The lowest BCUT2D eigenvalue weighted by Gasteiger charge is -2.25. The first-order valence-electron chi connectivity index (χ1n) is 15.7. The molecule has 0 aromatic heterocycles. The van der Waals surface area contributed by atoms with Crippen LogP contribution in [0, 0.1) is 0 Å². The Morgan fingerprint density at radius 3 is 1.90 bits per heavy atom. The van der Waals surface area contributed by atoms with Gasteiger partial charge in [-0.2, -0.15) is 0 Å². The van der Waals surface area contributed by atoms with Crippen LogP contribution >= 0.6 is 7.82 Å². The van der Waals surface area contributed by atoms with Gasteiger partial charge in [-0.15, -0.1) is 0 Å². The highest BCUT2D eigenvalue weighted by molar-refractivity contribution is 7.47. The normalized spacial score (nSPS) is 15.1. The van der Waals surface area contributed by atoms with Gasteiger partial charge in [-0.3, -0.25) is 13.8 Å². The van der Waals surface area contributed by atoms with E-state index in [9.17, 15) is 14.3 Å². The Morgan fingerprint density at radius 2 is 1.35 bits per heavy atom. The molecular weight excluding hydrogens is 533 g/mol. The molecule has 0 fully saturated rings. The van der Waals surface area contributed by atoms with Gasteiger partial charge in [-0.25, -0.2) is 4.57 Å². The number of rotatable bonds is 29. The molecule has 1 N–H and O–H groups in total. The standard InChI is InChI=1S/C30H62NO8P/c1-7-8-9-10-11-12-13-14-15-16-17-18-21-28(2)37-26-29(36-24-20-19-22-30(32)35-6)27-39-40(33,34)38-25-23-31(3,4)5/h28-29H,7-27H2,1-6H3/p+1/t28?,29-/m1/s1. The van der Waals surface area contributed by atoms with Crippen molar-refractivity contribution < 1.29 is 42.0 Å². The fourth-order valence-electron chi connectivity index (χ4n) is 4.14. The average molecular weight is 597 g/mol. The largest absolute Gasteiger partial charge is 0.472 e. The summed E-state index contributed by atoms with van der Waals surface area (Å²) < 4.78 is 39.8. The molecular formula is C30H63NO8P+. The van der Waals surface area contributed by atoms with Gasteiger partial charge in [0.05, 0.1) is 47.6 Å². The predicted molar refractivity (Wildman–Crippen MR) is 161 cm³/mol. The van der Waals surface area contributed by atoms with Gasteiger partial charge < -0.3 is 23.6 Å². The van der Waals surface area contributed by atoms with Crippen molar-refractivity contribution in [2.24, 2.45) is 0 Å². The van der Waals surface area contributed by atoms with Gasteiger partial charge in [-0.1, -0.05) is 84.0 Å². The quantitative estimate of drug-likeness (QED) is 0.0424. The Bertz CT molecular complexity index is 644. The highest BCUT2D eigenvalue weighted by atomic mass is 31.2. The number of nitrogens with zero attached hydrogens (tertiary/aromatic N) is 1. The van der Waals surface area contributed by atoms with Gasteiger partial charge in [0.15, 0.2) is 0 Å². The predicted octanol–water partition coefficient (Wildman–Crippen LogP) is 7.05. The lowest BCUT2D eigenvalue weighted by molar-refractivity contribution is -0.870. The van der Waals surface area contributed by atoms with Crippen LogP contribution in [0.25, 0.3) is 0 Å². The van der Waals surface area contributed by atoms with Gasteiger partial charge in [0, 0.05) is 13.0 Å². The van der Waals surface area contributed by atoms with Gasteiger partial charge in [0.25, 0.3) is 0 Å². The fourth-order valence-corrected chi connectivity index (χ4v) is 4.88. The van der Waals surface area contributed by atoms with Crippen LogP contribution in [0.5, 0.6) is 0 Å². The molecule has 0 radical (unpaired) electrons. The smallest absolute Gasteiger partial charge is 0.469 e. The van der Waals surface area contributed by atoms with E-state index in [4.69, 9.17) is 18.5 Å². The van der Waals surface area contributed by atoms with E-state index in [-0.39, 0.29) is 31.9 Å². The first-order valence-corrected chi connectivity index (χ1v) is 17.2. The SMILES string of the molecule is CCCCCCCCCCCCCCC(C)OC[C@H](COP(=O)(O)OCC[N+](C)(C)C)OCCCCC(=O)OC. The van der Waals surface area contributed by atoms with E-state index in [1.54, 1.807) is 0 Å². The second kappa shape index (κ2) is 25.0. The summed E-state index contributed by atoms with van der Waals surface area (Å²) in [4.78, 5) is 21.4. The monoisotopic (exact) mass is 596 g/mol. The number of phosphoric acid groups is 1. The minimum atomic E-state index is -4.19. The molecule has 0 amide bonds. The van der Waals surface area contributed by atoms with E-state index >= 15 is 0 Å². The van der Waals surface area contributed by atoms with Crippen LogP contribution in [0.4, 0.5) is 0 Å². The molecule has 0 aliphatic rings. The zero-order valence-corrected chi connectivity index (χ0v) is 27.6. The Morgan fingerprint density at radius 1 is 0.775 bits per heavy atom. The zero-order valence-electron chi connectivity index (χ0n) is 26.7. The topological polar surface area (TPSA) is 101 Å². The van der Waals surface area contributed by atoms with E-state index in [0.717, 1.165) is 12.8 Å². The summed E-state index contributed by atoms with van der Waals surface area (Å²) >= 11 is 0. The van der Waals surface area contributed by atoms with E-state index in [0.29, 0.717) is 36.9 Å². The molecule has 0 heterocycles. The summed E-state index contributed by atoms with van der Waals surface area (Å²) in [6.07, 6.45) is 18.0. The van der Waals surface area contributed by atoms with Crippen molar-refractivity contribution in [3.05, 3.63) is 0 Å². The first kappa shape index (κ1) is 39.5. The zero-order chi connectivity index (χ0) is 30.1. The molecule has 0 aromatic rings. The van der Waals surface area contributed by atoms with Crippen LogP contribution in [-0.4, -0.2) is 88.8 Å². The van der Waals surface area contributed by atoms with Crippen LogP contribution in [0.2, 0.25) is 0 Å². The summed E-state index contributed by atoms with van der Waals surface area (Å²) in [5.41, 5.74) is 0. The van der Waals surface area contributed by atoms with Gasteiger partial charge in [-0.05, 0) is 26.2 Å². The molecule has 40 heavy (non-hydrogen) atoms. The van der Waals surface area contributed by atoms with Crippen LogP contribution in [-0.2, 0) is 32.6 Å². The second-order valence-electron chi connectivity index (χ2n) is 12.0. The van der Waals surface area contributed by atoms with E-state index in [2.05, 4.69) is 18.6 Å². The maximum atomic E-state index is 12.3. The van der Waals surface area contributed by atoms with E-state index in [1.165, 1.54) is 77.7 Å². The van der Waals surface area contributed by atoms with Crippen molar-refractivity contribution in [1.29, 1.82) is 0 Å². The van der Waals surface area contributed by atoms with Crippen molar-refractivity contribution >= 4 is 13.8 Å². The molecule has 0 rings (SSSR count). The molecule has 0 spiro atoms. The number of unbranched alkanes of at least 4 members (excludes halogenated alkanes) is 12. The maximum Gasteiger partial charge on any atom is 0.472 e. The molecule has 3 atom stereocenters. The van der Waals surface area contributed by atoms with Crippen LogP contribution in [0.1, 0.15) is 117 Å². The molecule has 0 bridgehead atoms. The number of carbonyl (C=O) groups excluding carboxylic acids is 1. The van der Waals surface area contributed by atoms with E-state index < -0.39 is 13.9 Å². The molecule has 2 unspecified atom stereocenters. The van der Waals surface area contributed by atoms with Crippen LogP contribution in [0.3, 0.4) is 0 Å². The molecule has 9 nitrogen and oxygen atoms in total. The van der Waals surface area contributed by atoms with Crippen molar-refractivity contribution in [1.82, 2.24) is 0 Å². The number of likely N-dealkylation sites (N-methyl/N-ethyl adjacent to an activating group) is 1. The third-order valence-corrected chi connectivity index (χ3v) is 7.81. The van der Waals surface area contributed by atoms with Crippen molar-refractivity contribution in [2.45, 2.75) is 129 Å². The van der Waals surface area contributed by atoms with Crippen LogP contribution < -0.4 is 0 Å². The van der Waals surface area contributed by atoms with Gasteiger partial charge >= 0.3 is 13.8 Å². The third-order valence-electron chi connectivity index (χ3n) is 6.83. The molecule has 0 aliphatic heterocycles. The highest BCUT2D eigenvalue weighted by Crippen LogP contribution is 2.43. The number of hydrogen-bond donors (Lipinski definition) is 1. The number of carbonyl (C=O) groups is 1. The van der Waals surface area contributed by atoms with Crippen LogP contribution in [0.15, 0.2) is 0 Å². The number of quaternary nitrogens is 1. The Hall–Kier alpha value is -0.540. The minimum Gasteiger partial charge on any atom is -0.469 e. The highest BCUT2D eigenvalue weighted by Gasteiger charge is 2.25. The summed E-state index contributed by atoms with van der Waals surface area (Å²) in [5.74, 6) is -0.248. The lowest BCUT2D eigenvalue weighted by Crippen LogP contribution is -2.37. The third kappa shape index (κ3) is 27.6. The average Bonchev–Trinajstić information content (AvgIpc) is 2.89. The Labute approximate surface area is 245 Å². The molecule has 0 aromatic carbocycles. The van der Waals surface area contributed by atoms with Gasteiger partial charge in [0.1, 0.15) is 19.3 Å². The van der Waals surface area contributed by atoms with Crippen molar-refractivity contribution in [3.63, 3.8) is 0 Å². The lowest BCUT2D eigenvalue weighted by atomic mass is 10.0. The number of methoxy groups -OCH3 is 1. The second-order valence-corrected chi connectivity index (χ2v) is 13.4. The summed E-state index contributed by atoms with van der Waals surface area (Å²) in [6, 6.07) is 0. The van der Waals surface area contributed by atoms with Gasteiger partial charge in [0.2, 0.25) is 0 Å². The molecule has 0 saturated carbocycles. The summed E-state index contributed by atoms with van der Waals surface area (Å²) in [7, 11) is 3.12. The summed E-state index contributed by atoms with van der Waals surface area (Å²) in [5, 5.41) is 0. The minimum absolute atomic E-state index is 0.0651. The first-order chi connectivity index (χ1) is 19.0. The number of esters is 1. The summed E-state index contributed by atoms with van der Waals surface area (Å²) in [6.45, 7) is 5.54. The molecule has 0 saturated heterocycles. The molecule has 10 heteroatoms. The Balaban J connectivity index is 4.27. The van der Waals surface area contributed by atoms with E-state index in [1.807, 2.05) is 21.1 Å². The Kier molecular flexibility index (Phi) is 24.7. The molecule has 0 aliphatic carbocycles.